The average molecular weight is 354 g/mol. The predicted molar refractivity (Wildman–Crippen MR) is 109 cm³/mol. The number of piperidine rings is 1. The molecule has 0 bridgehead atoms. The summed E-state index contributed by atoms with van der Waals surface area (Å²) in [5, 5.41) is 7.32. The van der Waals surface area contributed by atoms with Crippen LogP contribution in [-0.4, -0.2) is 43.0 Å². The van der Waals surface area contributed by atoms with Crippen LogP contribution in [0.2, 0.25) is 0 Å². The summed E-state index contributed by atoms with van der Waals surface area (Å²) >= 11 is 0. The van der Waals surface area contributed by atoms with E-state index < -0.39 is 0 Å². The lowest BCUT2D eigenvalue weighted by Gasteiger charge is -2.37. The zero-order valence-corrected chi connectivity index (χ0v) is 15.9. The van der Waals surface area contributed by atoms with Crippen LogP contribution < -0.4 is 15.5 Å². The van der Waals surface area contributed by atoms with Crippen LogP contribution in [-0.2, 0) is 0 Å². The Balaban J connectivity index is 1.42. The van der Waals surface area contributed by atoms with E-state index in [0.717, 1.165) is 30.6 Å². The standard InChI is InChI=1S/C21H31N5/c1-16-13-19(20-7-10-22-15-24-20)21(23-14-16)26-11-8-18(9-12-26)25-17-5-3-2-4-6-17/h7,10,13-14,17-18,24-25H,2-6,8-9,11-12,15H2,1H3. The number of aryl methyl sites for hydroxylation is 1. The number of hydrogen-bond donors (Lipinski definition) is 2. The van der Waals surface area contributed by atoms with Gasteiger partial charge in [0.1, 0.15) is 12.5 Å². The zero-order chi connectivity index (χ0) is 17.8. The third kappa shape index (κ3) is 4.09. The van der Waals surface area contributed by atoms with Gasteiger partial charge in [-0.15, -0.1) is 0 Å². The molecule has 2 fully saturated rings. The minimum absolute atomic E-state index is 0.645. The van der Waals surface area contributed by atoms with Crippen molar-refractivity contribution in [2.45, 2.75) is 64.0 Å². The van der Waals surface area contributed by atoms with E-state index >= 15 is 0 Å². The summed E-state index contributed by atoms with van der Waals surface area (Å²) in [6.45, 7) is 4.91. The van der Waals surface area contributed by atoms with Gasteiger partial charge >= 0.3 is 0 Å². The Bertz CT molecular complexity index is 667. The van der Waals surface area contributed by atoms with Gasteiger partial charge in [-0.05, 0) is 50.3 Å². The molecule has 5 heteroatoms. The fourth-order valence-electron chi connectivity index (χ4n) is 4.43. The van der Waals surface area contributed by atoms with Crippen LogP contribution in [0, 0.1) is 6.92 Å². The molecule has 140 valence electrons. The normalized spacial score (nSPS) is 22.2. The molecule has 3 aliphatic rings. The van der Waals surface area contributed by atoms with Crippen LogP contribution in [0.5, 0.6) is 0 Å². The van der Waals surface area contributed by atoms with Gasteiger partial charge in [-0.1, -0.05) is 19.3 Å². The fourth-order valence-corrected chi connectivity index (χ4v) is 4.43. The summed E-state index contributed by atoms with van der Waals surface area (Å²) in [7, 11) is 0. The third-order valence-corrected chi connectivity index (χ3v) is 5.87. The van der Waals surface area contributed by atoms with Gasteiger partial charge in [0.05, 0.1) is 0 Å². The first-order valence-electron chi connectivity index (χ1n) is 10.2. The van der Waals surface area contributed by atoms with Crippen molar-refractivity contribution < 1.29 is 0 Å². The van der Waals surface area contributed by atoms with Crippen LogP contribution in [0.3, 0.4) is 0 Å². The first-order valence-corrected chi connectivity index (χ1v) is 10.2. The number of pyridine rings is 1. The maximum atomic E-state index is 4.80. The molecule has 5 nitrogen and oxygen atoms in total. The van der Waals surface area contributed by atoms with E-state index in [1.54, 1.807) is 0 Å². The highest BCUT2D eigenvalue weighted by molar-refractivity contribution is 5.88. The lowest BCUT2D eigenvalue weighted by Crippen LogP contribution is -2.47. The van der Waals surface area contributed by atoms with Crippen molar-refractivity contribution in [3.8, 4) is 0 Å². The Kier molecular flexibility index (Phi) is 5.54. The first kappa shape index (κ1) is 17.5. The monoisotopic (exact) mass is 353 g/mol. The Morgan fingerprint density at radius 3 is 2.58 bits per heavy atom. The second-order valence-electron chi connectivity index (χ2n) is 7.89. The van der Waals surface area contributed by atoms with Crippen LogP contribution in [0.1, 0.15) is 56.1 Å². The molecule has 0 spiro atoms. The maximum absolute atomic E-state index is 4.80. The van der Waals surface area contributed by atoms with E-state index in [4.69, 9.17) is 4.98 Å². The molecule has 1 saturated carbocycles. The van der Waals surface area contributed by atoms with Crippen molar-refractivity contribution in [2.75, 3.05) is 24.7 Å². The number of hydrogen-bond acceptors (Lipinski definition) is 5. The number of aromatic nitrogens is 1. The molecule has 1 aromatic heterocycles. The van der Waals surface area contributed by atoms with Gasteiger partial charge in [-0.3, -0.25) is 4.99 Å². The molecular weight excluding hydrogens is 322 g/mol. The number of aliphatic imine (C=N–C) groups is 1. The molecule has 2 aliphatic heterocycles. The number of nitrogens with zero attached hydrogens (tertiary/aromatic N) is 3. The van der Waals surface area contributed by atoms with Crippen molar-refractivity contribution in [1.82, 2.24) is 15.6 Å². The minimum atomic E-state index is 0.645. The van der Waals surface area contributed by atoms with E-state index in [1.165, 1.54) is 56.1 Å². The molecule has 4 rings (SSSR count). The zero-order valence-electron chi connectivity index (χ0n) is 15.9. The molecule has 2 N–H and O–H groups in total. The van der Waals surface area contributed by atoms with E-state index in [9.17, 15) is 0 Å². The lowest BCUT2D eigenvalue weighted by molar-refractivity contribution is 0.307. The summed E-state index contributed by atoms with van der Waals surface area (Å²) in [6, 6.07) is 3.67. The Hall–Kier alpha value is -1.88. The number of anilines is 1. The van der Waals surface area contributed by atoms with Gasteiger partial charge in [0.25, 0.3) is 0 Å². The second kappa shape index (κ2) is 8.21. The highest BCUT2D eigenvalue weighted by atomic mass is 15.2. The SMILES string of the molecule is Cc1cnc(N2CCC(NC3CCCCC3)CC2)c(C2=CC=NCN2)c1. The van der Waals surface area contributed by atoms with Gasteiger partial charge < -0.3 is 15.5 Å². The summed E-state index contributed by atoms with van der Waals surface area (Å²) in [5.74, 6) is 1.11. The summed E-state index contributed by atoms with van der Waals surface area (Å²) < 4.78 is 0. The molecule has 0 radical (unpaired) electrons. The third-order valence-electron chi connectivity index (χ3n) is 5.87. The molecule has 1 aliphatic carbocycles. The van der Waals surface area contributed by atoms with Crippen molar-refractivity contribution in [3.05, 3.63) is 29.5 Å². The highest BCUT2D eigenvalue weighted by Gasteiger charge is 2.25. The van der Waals surface area contributed by atoms with Gasteiger partial charge in [0.2, 0.25) is 0 Å². The Labute approximate surface area is 157 Å². The summed E-state index contributed by atoms with van der Waals surface area (Å²) in [5.41, 5.74) is 3.53. The molecule has 0 aromatic carbocycles. The largest absolute Gasteiger partial charge is 0.366 e. The fraction of sp³-hybridized carbons (Fsp3) is 0.619. The smallest absolute Gasteiger partial charge is 0.137 e. The van der Waals surface area contributed by atoms with E-state index in [1.807, 2.05) is 12.4 Å². The van der Waals surface area contributed by atoms with Gasteiger partial charge in [-0.2, -0.15) is 0 Å². The topological polar surface area (TPSA) is 52.6 Å². The van der Waals surface area contributed by atoms with Crippen LogP contribution in [0.4, 0.5) is 5.82 Å². The van der Waals surface area contributed by atoms with E-state index in [-0.39, 0.29) is 0 Å². The predicted octanol–water partition coefficient (Wildman–Crippen LogP) is 3.25. The molecule has 3 heterocycles. The van der Waals surface area contributed by atoms with E-state index in [0.29, 0.717) is 12.7 Å². The lowest BCUT2D eigenvalue weighted by atomic mass is 9.93. The summed E-state index contributed by atoms with van der Waals surface area (Å²) in [4.78, 5) is 11.5. The van der Waals surface area contributed by atoms with E-state index in [2.05, 4.69) is 39.6 Å². The second-order valence-corrected chi connectivity index (χ2v) is 7.89. The molecular formula is C21H31N5. The average Bonchev–Trinajstić information content (AvgIpc) is 2.70. The maximum Gasteiger partial charge on any atom is 0.137 e. The highest BCUT2D eigenvalue weighted by Crippen LogP contribution is 2.28. The number of allylic oxidation sites excluding steroid dienone is 1. The molecule has 0 amide bonds. The van der Waals surface area contributed by atoms with Crippen molar-refractivity contribution >= 4 is 17.7 Å². The molecule has 0 atom stereocenters. The summed E-state index contributed by atoms with van der Waals surface area (Å²) in [6.07, 6.45) is 15.3. The van der Waals surface area contributed by atoms with Crippen LogP contribution >= 0.6 is 0 Å². The van der Waals surface area contributed by atoms with Crippen molar-refractivity contribution in [1.29, 1.82) is 0 Å². The Morgan fingerprint density at radius 2 is 1.85 bits per heavy atom. The number of rotatable bonds is 4. The van der Waals surface area contributed by atoms with Crippen LogP contribution in [0.25, 0.3) is 5.70 Å². The van der Waals surface area contributed by atoms with Gasteiger partial charge in [0, 0.05) is 48.8 Å². The Morgan fingerprint density at radius 1 is 1.08 bits per heavy atom. The molecule has 0 unspecified atom stereocenters. The molecule has 26 heavy (non-hydrogen) atoms. The molecule has 1 saturated heterocycles. The quantitative estimate of drug-likeness (QED) is 0.872. The first-order chi connectivity index (χ1) is 12.8. The molecule has 1 aromatic rings. The van der Waals surface area contributed by atoms with Crippen LogP contribution in [0.15, 0.2) is 23.3 Å². The van der Waals surface area contributed by atoms with Gasteiger partial charge in [-0.25, -0.2) is 4.98 Å². The number of nitrogens with one attached hydrogen (secondary N) is 2. The van der Waals surface area contributed by atoms with Crippen molar-refractivity contribution in [3.63, 3.8) is 0 Å². The van der Waals surface area contributed by atoms with Crippen molar-refractivity contribution in [2.24, 2.45) is 4.99 Å². The minimum Gasteiger partial charge on any atom is -0.366 e. The van der Waals surface area contributed by atoms with Gasteiger partial charge in [0.15, 0.2) is 0 Å².